The van der Waals surface area contributed by atoms with E-state index in [-0.39, 0.29) is 0 Å². The minimum Gasteiger partial charge on any atom is -0.317 e. The van der Waals surface area contributed by atoms with E-state index >= 15 is 0 Å². The van der Waals surface area contributed by atoms with E-state index in [1.807, 2.05) is 0 Å². The van der Waals surface area contributed by atoms with E-state index < -0.39 is 11.9 Å². The third kappa shape index (κ3) is 3.61. The summed E-state index contributed by atoms with van der Waals surface area (Å²) in [7, 11) is 0. The van der Waals surface area contributed by atoms with Gasteiger partial charge in [0.1, 0.15) is 5.69 Å². The molecule has 1 aliphatic heterocycles. The fourth-order valence-corrected chi connectivity index (χ4v) is 2.84. The Kier molecular flexibility index (Phi) is 3.93. The molecule has 1 aromatic heterocycles. The molecule has 1 aliphatic rings. The summed E-state index contributed by atoms with van der Waals surface area (Å²) in [6.07, 6.45) is -2.41. The number of pyridine rings is 1. The smallest absolute Gasteiger partial charge is 0.317 e. The van der Waals surface area contributed by atoms with Crippen molar-refractivity contribution < 1.29 is 13.2 Å². The topological polar surface area (TPSA) is 24.9 Å². The first-order chi connectivity index (χ1) is 8.05. The third-order valence-corrected chi connectivity index (χ3v) is 3.86. The highest BCUT2D eigenvalue weighted by atomic mass is 32.2. The predicted molar refractivity (Wildman–Crippen MR) is 61.0 cm³/mol. The number of nitrogens with zero attached hydrogens (tertiary/aromatic N) is 1. The molecule has 2 nitrogen and oxygen atoms in total. The van der Waals surface area contributed by atoms with Gasteiger partial charge >= 0.3 is 6.18 Å². The number of rotatable bonds is 2. The molecule has 0 unspecified atom stereocenters. The maximum Gasteiger partial charge on any atom is 0.433 e. The fourth-order valence-electron chi connectivity index (χ4n) is 1.72. The molecule has 6 heteroatoms. The molecule has 0 spiro atoms. The summed E-state index contributed by atoms with van der Waals surface area (Å²) in [6, 6.07) is 4.06. The average molecular weight is 262 g/mol. The van der Waals surface area contributed by atoms with E-state index in [0.717, 1.165) is 32.0 Å². The summed E-state index contributed by atoms with van der Waals surface area (Å²) < 4.78 is 37.4. The molecule has 0 saturated carbocycles. The highest BCUT2D eigenvalue weighted by Gasteiger charge is 2.32. The zero-order chi connectivity index (χ0) is 12.3. The summed E-state index contributed by atoms with van der Waals surface area (Å²) in [5, 5.41) is 4.05. The van der Waals surface area contributed by atoms with E-state index in [2.05, 4.69) is 10.3 Å². The van der Waals surface area contributed by atoms with Gasteiger partial charge in [0.15, 0.2) is 0 Å². The zero-order valence-electron chi connectivity index (χ0n) is 9.13. The first kappa shape index (κ1) is 12.7. The lowest BCUT2D eigenvalue weighted by Crippen LogP contribution is -2.29. The van der Waals surface area contributed by atoms with Gasteiger partial charge < -0.3 is 5.32 Å². The van der Waals surface area contributed by atoms with Gasteiger partial charge in [-0.2, -0.15) is 13.2 Å². The first-order valence-electron chi connectivity index (χ1n) is 5.47. The summed E-state index contributed by atoms with van der Waals surface area (Å²) in [5.41, 5.74) is -0.809. The molecule has 0 bridgehead atoms. The summed E-state index contributed by atoms with van der Waals surface area (Å²) in [6.45, 7) is 1.85. The normalized spacial score (nSPS) is 18.3. The molecule has 1 saturated heterocycles. The van der Waals surface area contributed by atoms with Gasteiger partial charge in [-0.15, -0.1) is 11.8 Å². The van der Waals surface area contributed by atoms with Gasteiger partial charge in [0.05, 0.1) is 5.03 Å². The Morgan fingerprint density at radius 3 is 2.59 bits per heavy atom. The highest BCUT2D eigenvalue weighted by molar-refractivity contribution is 7.99. The predicted octanol–water partition coefficient (Wildman–Crippen LogP) is 2.94. The van der Waals surface area contributed by atoms with Crippen molar-refractivity contribution in [2.24, 2.45) is 0 Å². The molecule has 0 aliphatic carbocycles. The second kappa shape index (κ2) is 5.27. The number of nitrogens with one attached hydrogen (secondary N) is 1. The van der Waals surface area contributed by atoms with E-state index in [4.69, 9.17) is 0 Å². The van der Waals surface area contributed by atoms with Crippen molar-refractivity contribution in [3.63, 3.8) is 0 Å². The van der Waals surface area contributed by atoms with Gasteiger partial charge in [-0.3, -0.25) is 0 Å². The van der Waals surface area contributed by atoms with Crippen LogP contribution in [0.2, 0.25) is 0 Å². The van der Waals surface area contributed by atoms with Crippen LogP contribution < -0.4 is 5.32 Å². The van der Waals surface area contributed by atoms with Crippen LogP contribution in [0.4, 0.5) is 13.2 Å². The number of hydrogen-bond acceptors (Lipinski definition) is 3. The van der Waals surface area contributed by atoms with Crippen LogP contribution in [0.3, 0.4) is 0 Å². The monoisotopic (exact) mass is 262 g/mol. The summed E-state index contributed by atoms with van der Waals surface area (Å²) >= 11 is 1.44. The maximum atomic E-state index is 12.5. The molecular weight excluding hydrogens is 249 g/mol. The van der Waals surface area contributed by atoms with Crippen LogP contribution in [0, 0.1) is 0 Å². The van der Waals surface area contributed by atoms with Crippen molar-refractivity contribution in [3.05, 3.63) is 23.9 Å². The van der Waals surface area contributed by atoms with Crippen LogP contribution in [-0.2, 0) is 6.18 Å². The number of alkyl halides is 3. The van der Waals surface area contributed by atoms with Crippen LogP contribution in [0.25, 0.3) is 0 Å². The Bertz CT molecular complexity index is 375. The van der Waals surface area contributed by atoms with E-state index in [0.29, 0.717) is 10.3 Å². The van der Waals surface area contributed by atoms with Gasteiger partial charge in [0.2, 0.25) is 0 Å². The molecule has 0 radical (unpaired) electrons. The molecule has 0 atom stereocenters. The molecule has 0 amide bonds. The largest absolute Gasteiger partial charge is 0.433 e. The number of thioether (sulfide) groups is 1. The Hall–Kier alpha value is -0.750. The number of hydrogen-bond donors (Lipinski definition) is 1. The quantitative estimate of drug-likeness (QED) is 0.887. The fraction of sp³-hybridized carbons (Fsp3) is 0.545. The summed E-state index contributed by atoms with van der Waals surface area (Å²) in [4.78, 5) is 3.66. The number of aromatic nitrogens is 1. The molecule has 1 aromatic rings. The zero-order valence-corrected chi connectivity index (χ0v) is 9.94. The molecule has 17 heavy (non-hydrogen) atoms. The minimum atomic E-state index is -4.36. The van der Waals surface area contributed by atoms with Crippen molar-refractivity contribution in [3.8, 4) is 0 Å². The van der Waals surface area contributed by atoms with Crippen molar-refractivity contribution in [2.45, 2.75) is 29.3 Å². The Balaban J connectivity index is 2.05. The first-order valence-corrected chi connectivity index (χ1v) is 6.35. The number of piperidine rings is 1. The molecule has 94 valence electrons. The Morgan fingerprint density at radius 1 is 1.24 bits per heavy atom. The van der Waals surface area contributed by atoms with Gasteiger partial charge in [-0.1, -0.05) is 6.07 Å². The van der Waals surface area contributed by atoms with Gasteiger partial charge in [0, 0.05) is 5.25 Å². The van der Waals surface area contributed by atoms with E-state index in [9.17, 15) is 13.2 Å². The van der Waals surface area contributed by atoms with Crippen LogP contribution in [-0.4, -0.2) is 23.3 Å². The van der Waals surface area contributed by atoms with Crippen LogP contribution in [0.15, 0.2) is 23.2 Å². The Morgan fingerprint density at radius 2 is 1.94 bits per heavy atom. The van der Waals surface area contributed by atoms with Crippen molar-refractivity contribution in [1.29, 1.82) is 0 Å². The lowest BCUT2D eigenvalue weighted by atomic mass is 10.2. The SMILES string of the molecule is FC(F)(F)c1cccc(SC2CCNCC2)n1. The highest BCUT2D eigenvalue weighted by Crippen LogP contribution is 2.31. The molecule has 2 rings (SSSR count). The number of halogens is 3. The summed E-state index contributed by atoms with van der Waals surface area (Å²) in [5.74, 6) is 0. The van der Waals surface area contributed by atoms with E-state index in [1.165, 1.54) is 17.8 Å². The molecule has 0 aromatic carbocycles. The average Bonchev–Trinajstić information content (AvgIpc) is 2.29. The standard InChI is InChI=1S/C11H13F3N2S/c12-11(13,14)9-2-1-3-10(16-9)17-8-4-6-15-7-5-8/h1-3,8,15H,4-7H2. The van der Waals surface area contributed by atoms with Crippen molar-refractivity contribution in [1.82, 2.24) is 10.3 Å². The molecule has 2 heterocycles. The van der Waals surface area contributed by atoms with Crippen LogP contribution in [0.1, 0.15) is 18.5 Å². The van der Waals surface area contributed by atoms with Crippen molar-refractivity contribution >= 4 is 11.8 Å². The van der Waals surface area contributed by atoms with Gasteiger partial charge in [0.25, 0.3) is 0 Å². The second-order valence-corrected chi connectivity index (χ2v) is 5.25. The van der Waals surface area contributed by atoms with Gasteiger partial charge in [-0.25, -0.2) is 4.98 Å². The molecule has 1 N–H and O–H groups in total. The second-order valence-electron chi connectivity index (χ2n) is 3.93. The molecular formula is C11H13F3N2S. The molecule has 1 fully saturated rings. The lowest BCUT2D eigenvalue weighted by molar-refractivity contribution is -0.141. The minimum absolute atomic E-state index is 0.368. The Labute approximate surface area is 102 Å². The van der Waals surface area contributed by atoms with Gasteiger partial charge in [-0.05, 0) is 38.1 Å². The third-order valence-electron chi connectivity index (χ3n) is 2.59. The van der Waals surface area contributed by atoms with Crippen LogP contribution >= 0.6 is 11.8 Å². The van der Waals surface area contributed by atoms with Crippen LogP contribution in [0.5, 0.6) is 0 Å². The lowest BCUT2D eigenvalue weighted by Gasteiger charge is -2.21. The van der Waals surface area contributed by atoms with Crippen molar-refractivity contribution in [2.75, 3.05) is 13.1 Å². The van der Waals surface area contributed by atoms with E-state index in [1.54, 1.807) is 6.07 Å². The maximum absolute atomic E-state index is 12.5.